The highest BCUT2D eigenvalue weighted by Gasteiger charge is 2.73. The molecular weight excluding hydrogens is 476 g/mol. The van der Waals surface area contributed by atoms with Crippen LogP contribution in [-0.2, 0) is 21.4 Å². The van der Waals surface area contributed by atoms with Crippen molar-refractivity contribution in [1.29, 1.82) is 0 Å². The number of phenolic OH excluding ortho intramolecular Hbond substituents is 1. The molecule has 9 nitrogen and oxygen atoms in total. The fourth-order valence-corrected chi connectivity index (χ4v) is 8.21. The van der Waals surface area contributed by atoms with Crippen LogP contribution in [0.25, 0.3) is 0 Å². The van der Waals surface area contributed by atoms with E-state index >= 15 is 0 Å². The molecule has 1 saturated heterocycles. The third-order valence-electron chi connectivity index (χ3n) is 10.3. The van der Waals surface area contributed by atoms with Crippen molar-refractivity contribution in [3.63, 3.8) is 0 Å². The van der Waals surface area contributed by atoms with Crippen molar-refractivity contribution in [1.82, 2.24) is 10.2 Å². The number of piperidine rings is 1. The summed E-state index contributed by atoms with van der Waals surface area (Å²) in [6.45, 7) is 1.61. The summed E-state index contributed by atoms with van der Waals surface area (Å²) in [5, 5.41) is 47.7. The van der Waals surface area contributed by atoms with E-state index in [1.54, 1.807) is 6.07 Å². The molecule has 1 spiro atoms. The van der Waals surface area contributed by atoms with E-state index in [4.69, 9.17) is 4.74 Å². The molecule has 0 radical (unpaired) electrons. The van der Waals surface area contributed by atoms with Crippen LogP contribution >= 0.6 is 0 Å². The second kappa shape index (κ2) is 7.63. The summed E-state index contributed by atoms with van der Waals surface area (Å²) >= 11 is 0. The Kier molecular flexibility index (Phi) is 4.82. The molecule has 2 saturated carbocycles. The Labute approximate surface area is 215 Å². The third kappa shape index (κ3) is 2.98. The predicted molar refractivity (Wildman–Crippen MR) is 131 cm³/mol. The summed E-state index contributed by atoms with van der Waals surface area (Å²) in [6, 6.07) is 3.20. The zero-order valence-electron chi connectivity index (χ0n) is 20.8. The first-order chi connectivity index (χ1) is 17.7. The lowest BCUT2D eigenvalue weighted by atomic mass is 9.49. The Morgan fingerprint density at radius 2 is 1.86 bits per heavy atom. The van der Waals surface area contributed by atoms with Gasteiger partial charge in [0.1, 0.15) is 11.3 Å². The van der Waals surface area contributed by atoms with Gasteiger partial charge in [0.05, 0.1) is 16.6 Å². The molecule has 1 aromatic rings. The average molecular weight is 511 g/mol. The van der Waals surface area contributed by atoms with Gasteiger partial charge in [-0.15, -0.1) is 0 Å². The summed E-state index contributed by atoms with van der Waals surface area (Å²) in [5.41, 5.74) is -2.04. The molecule has 1 amide bonds. The first-order valence-electron chi connectivity index (χ1n) is 13.7. The van der Waals surface area contributed by atoms with Gasteiger partial charge in [-0.25, -0.2) is 4.79 Å². The number of aliphatic carboxylic acids is 1. The smallest absolute Gasteiger partial charge is 0.329 e. The number of likely N-dealkylation sites (tertiary alicyclic amines) is 1. The van der Waals surface area contributed by atoms with E-state index in [1.165, 1.54) is 12.8 Å². The molecule has 0 unspecified atom stereocenters. The molecule has 1 aromatic carbocycles. The van der Waals surface area contributed by atoms with Gasteiger partial charge in [0, 0.05) is 24.6 Å². The summed E-state index contributed by atoms with van der Waals surface area (Å²) in [4.78, 5) is 28.3. The van der Waals surface area contributed by atoms with E-state index in [-0.39, 0.29) is 35.3 Å². The number of carbonyl (C=O) groups is 2. The van der Waals surface area contributed by atoms with Crippen molar-refractivity contribution in [2.45, 2.75) is 92.9 Å². The fraction of sp³-hybridized carbons (Fsp3) is 0.643. The average Bonchev–Trinajstić information content (AvgIpc) is 3.61. The predicted octanol–water partition coefficient (Wildman–Crippen LogP) is 2.28. The Morgan fingerprint density at radius 3 is 2.57 bits per heavy atom. The zero-order valence-corrected chi connectivity index (χ0v) is 20.8. The molecule has 2 heterocycles. The maximum absolute atomic E-state index is 13.7. The molecule has 4 aliphatic carbocycles. The molecule has 5 N–H and O–H groups in total. The number of hydrogen-bond donors (Lipinski definition) is 5. The SMILES string of the molecule is O=C(NC1(C(=O)O)CCCCC1)C1=C(O)[C@@H]2Oc3c(O)ccc4c3[C@@]23CCN(CC2CC2)[C@H](C4)[C@]3(O)C1. The maximum Gasteiger partial charge on any atom is 0.329 e. The van der Waals surface area contributed by atoms with Crippen molar-refractivity contribution in [3.05, 3.63) is 34.6 Å². The van der Waals surface area contributed by atoms with Gasteiger partial charge in [-0.1, -0.05) is 25.3 Å². The Hall–Kier alpha value is -2.78. The number of ether oxygens (including phenoxy) is 1. The maximum atomic E-state index is 13.7. The van der Waals surface area contributed by atoms with Gasteiger partial charge in [0.2, 0.25) is 0 Å². The van der Waals surface area contributed by atoms with Crippen molar-refractivity contribution < 1.29 is 34.8 Å². The number of aliphatic hydroxyl groups is 2. The van der Waals surface area contributed by atoms with Crippen LogP contribution in [0.3, 0.4) is 0 Å². The topological polar surface area (TPSA) is 140 Å². The molecule has 4 atom stereocenters. The van der Waals surface area contributed by atoms with E-state index in [1.807, 2.05) is 6.07 Å². The highest BCUT2D eigenvalue weighted by atomic mass is 16.5. The molecule has 37 heavy (non-hydrogen) atoms. The standard InChI is InChI=1S/C28H34N2O7/c31-18-7-6-16-12-19-28(36)13-17(24(33)29-26(25(34)35)8-2-1-3-9-26)21(32)23-27(28,20(16)22(18)37-23)10-11-30(19)14-15-4-5-15/h6-7,15,19,23,31-32,36H,1-5,8-14H2,(H,29,33)(H,34,35)/t19-,23+,27+,28-/m1/s1. The van der Waals surface area contributed by atoms with Gasteiger partial charge in [0.15, 0.2) is 17.6 Å². The quantitative estimate of drug-likeness (QED) is 0.407. The van der Waals surface area contributed by atoms with E-state index in [0.717, 1.165) is 30.6 Å². The number of aromatic hydroxyl groups is 1. The lowest BCUT2D eigenvalue weighted by molar-refractivity contribution is -0.173. The van der Waals surface area contributed by atoms with Crippen LogP contribution in [0.4, 0.5) is 0 Å². The molecule has 198 valence electrons. The first-order valence-corrected chi connectivity index (χ1v) is 13.7. The van der Waals surface area contributed by atoms with E-state index in [9.17, 15) is 30.0 Å². The molecule has 0 aromatic heterocycles. The molecule has 3 fully saturated rings. The summed E-state index contributed by atoms with van der Waals surface area (Å²) < 4.78 is 6.23. The third-order valence-corrected chi connectivity index (χ3v) is 10.3. The number of nitrogens with zero attached hydrogens (tertiary/aromatic N) is 1. The van der Waals surface area contributed by atoms with Gasteiger partial charge in [-0.05, 0) is 62.6 Å². The minimum Gasteiger partial charge on any atom is -0.508 e. The van der Waals surface area contributed by atoms with Crippen molar-refractivity contribution in [2.24, 2.45) is 5.92 Å². The van der Waals surface area contributed by atoms with Gasteiger partial charge < -0.3 is 30.5 Å². The van der Waals surface area contributed by atoms with Crippen LogP contribution in [0.5, 0.6) is 11.5 Å². The number of carboxylic acids is 1. The number of benzene rings is 1. The Bertz CT molecular complexity index is 1230. The van der Waals surface area contributed by atoms with E-state index < -0.39 is 34.5 Å². The number of carboxylic acid groups (broad SMARTS) is 1. The number of amides is 1. The van der Waals surface area contributed by atoms with Crippen molar-refractivity contribution >= 4 is 11.9 Å². The molecule has 9 heteroatoms. The number of aliphatic hydroxyl groups excluding tert-OH is 1. The largest absolute Gasteiger partial charge is 0.508 e. The van der Waals surface area contributed by atoms with Crippen LogP contribution in [0, 0.1) is 5.92 Å². The van der Waals surface area contributed by atoms with Gasteiger partial charge >= 0.3 is 5.97 Å². The highest BCUT2D eigenvalue weighted by molar-refractivity contribution is 5.98. The van der Waals surface area contributed by atoms with Crippen LogP contribution in [0.15, 0.2) is 23.5 Å². The molecular formula is C28H34N2O7. The van der Waals surface area contributed by atoms with Crippen molar-refractivity contribution in [3.8, 4) is 11.5 Å². The molecule has 7 rings (SSSR count). The number of carbonyl (C=O) groups excluding carboxylic acids is 1. The minimum atomic E-state index is -1.42. The fourth-order valence-electron chi connectivity index (χ4n) is 8.21. The zero-order chi connectivity index (χ0) is 25.7. The highest BCUT2D eigenvalue weighted by Crippen LogP contribution is 2.66. The number of rotatable bonds is 5. The van der Waals surface area contributed by atoms with Gasteiger partial charge in [-0.3, -0.25) is 9.69 Å². The van der Waals surface area contributed by atoms with Gasteiger partial charge in [-0.2, -0.15) is 0 Å². The monoisotopic (exact) mass is 510 g/mol. The number of nitrogens with one attached hydrogen (secondary N) is 1. The summed E-state index contributed by atoms with van der Waals surface area (Å²) in [5.74, 6) is -1.16. The van der Waals surface area contributed by atoms with E-state index in [0.29, 0.717) is 44.4 Å². The lowest BCUT2D eigenvalue weighted by Crippen LogP contribution is -2.76. The number of hydrogen-bond acceptors (Lipinski definition) is 7. The second-order valence-electron chi connectivity index (χ2n) is 12.2. The molecule has 6 aliphatic rings. The lowest BCUT2D eigenvalue weighted by Gasteiger charge is -2.62. The van der Waals surface area contributed by atoms with Crippen LogP contribution in [0.2, 0.25) is 0 Å². The van der Waals surface area contributed by atoms with Crippen LogP contribution in [-0.4, -0.2) is 73.6 Å². The van der Waals surface area contributed by atoms with Crippen LogP contribution < -0.4 is 10.1 Å². The normalized spacial score (nSPS) is 35.5. The Morgan fingerprint density at radius 1 is 1.11 bits per heavy atom. The van der Waals surface area contributed by atoms with Crippen LogP contribution in [0.1, 0.15) is 68.9 Å². The summed E-state index contributed by atoms with van der Waals surface area (Å²) in [7, 11) is 0. The minimum absolute atomic E-state index is 0.0108. The molecule has 2 bridgehead atoms. The number of phenols is 1. The summed E-state index contributed by atoms with van der Waals surface area (Å²) in [6.07, 6.45) is 5.30. The van der Waals surface area contributed by atoms with Crippen molar-refractivity contribution in [2.75, 3.05) is 13.1 Å². The van der Waals surface area contributed by atoms with Gasteiger partial charge in [0.25, 0.3) is 5.91 Å². The second-order valence-corrected chi connectivity index (χ2v) is 12.2. The first kappa shape index (κ1) is 23.3. The van der Waals surface area contributed by atoms with E-state index in [2.05, 4.69) is 10.2 Å². The molecule has 2 aliphatic heterocycles. The Balaban J connectivity index is 1.34.